The van der Waals surface area contributed by atoms with Crippen molar-refractivity contribution in [2.24, 2.45) is 0 Å². The summed E-state index contributed by atoms with van der Waals surface area (Å²) in [5, 5.41) is 3.64. The van der Waals surface area contributed by atoms with Gasteiger partial charge in [0.15, 0.2) is 5.82 Å². The largest absolute Gasteiger partial charge is 0.497 e. The lowest BCUT2D eigenvalue weighted by Crippen LogP contribution is -1.99. The van der Waals surface area contributed by atoms with Crippen molar-refractivity contribution in [2.45, 2.75) is 0 Å². The Bertz CT molecular complexity index is 805. The first-order valence-electron chi connectivity index (χ1n) is 6.51. The zero-order chi connectivity index (χ0) is 14.8. The molecule has 3 aromatic rings. The zero-order valence-corrected chi connectivity index (χ0v) is 11.7. The van der Waals surface area contributed by atoms with E-state index in [-0.39, 0.29) is 5.82 Å². The topological polar surface area (TPSA) is 47.0 Å². The van der Waals surface area contributed by atoms with E-state index in [1.54, 1.807) is 20.2 Å². The molecule has 0 saturated heterocycles. The van der Waals surface area contributed by atoms with Gasteiger partial charge in [0.2, 0.25) is 0 Å². The van der Waals surface area contributed by atoms with Crippen LogP contribution in [0.3, 0.4) is 0 Å². The molecule has 0 radical (unpaired) electrons. The summed E-state index contributed by atoms with van der Waals surface area (Å²) < 4.78 is 18.6. The van der Waals surface area contributed by atoms with Gasteiger partial charge in [0.1, 0.15) is 17.4 Å². The van der Waals surface area contributed by atoms with E-state index in [0.29, 0.717) is 22.5 Å². The molecule has 3 rings (SSSR count). The van der Waals surface area contributed by atoms with Crippen LogP contribution >= 0.6 is 0 Å². The minimum absolute atomic E-state index is 0.309. The van der Waals surface area contributed by atoms with E-state index in [2.05, 4.69) is 15.3 Å². The maximum atomic E-state index is 13.4. The summed E-state index contributed by atoms with van der Waals surface area (Å²) in [6.45, 7) is 0. The summed E-state index contributed by atoms with van der Waals surface area (Å²) >= 11 is 0. The number of aromatic nitrogens is 2. The third-order valence-electron chi connectivity index (χ3n) is 3.22. The van der Waals surface area contributed by atoms with Gasteiger partial charge in [-0.3, -0.25) is 0 Å². The maximum Gasteiger partial charge on any atom is 0.162 e. The van der Waals surface area contributed by atoms with Crippen molar-refractivity contribution < 1.29 is 9.13 Å². The lowest BCUT2D eigenvalue weighted by molar-refractivity contribution is 0.415. The summed E-state index contributed by atoms with van der Waals surface area (Å²) in [4.78, 5) is 8.96. The van der Waals surface area contributed by atoms with Crippen LogP contribution in [0.4, 0.5) is 10.2 Å². The second-order valence-corrected chi connectivity index (χ2v) is 4.54. The Morgan fingerprint density at radius 1 is 1.10 bits per heavy atom. The normalized spacial score (nSPS) is 10.6. The molecule has 1 N–H and O–H groups in total. The molecule has 0 amide bonds. The van der Waals surface area contributed by atoms with Gasteiger partial charge in [-0.05, 0) is 30.3 Å². The molecule has 1 heterocycles. The number of ether oxygens (including phenoxy) is 1. The molecule has 1 aromatic heterocycles. The van der Waals surface area contributed by atoms with E-state index in [0.717, 1.165) is 11.3 Å². The highest BCUT2D eigenvalue weighted by molar-refractivity contribution is 5.90. The van der Waals surface area contributed by atoms with Crippen molar-refractivity contribution in [3.63, 3.8) is 0 Å². The average Bonchev–Trinajstić information content (AvgIpc) is 2.54. The minimum atomic E-state index is -0.309. The molecule has 0 aliphatic carbocycles. The first-order valence-corrected chi connectivity index (χ1v) is 6.51. The van der Waals surface area contributed by atoms with Crippen LogP contribution in [-0.2, 0) is 0 Å². The SMILES string of the molecule is CNc1nc(-c2cccc(OC)c2)nc2ccc(F)cc12. The molecule has 0 spiro atoms. The van der Waals surface area contributed by atoms with E-state index in [1.165, 1.54) is 12.1 Å². The lowest BCUT2D eigenvalue weighted by atomic mass is 10.1. The van der Waals surface area contributed by atoms with Crippen molar-refractivity contribution in [3.8, 4) is 17.1 Å². The summed E-state index contributed by atoms with van der Waals surface area (Å²) in [5.41, 5.74) is 1.53. The third kappa shape index (κ3) is 2.50. The van der Waals surface area contributed by atoms with Crippen molar-refractivity contribution in [2.75, 3.05) is 19.5 Å². The summed E-state index contributed by atoms with van der Waals surface area (Å²) in [6, 6.07) is 12.0. The quantitative estimate of drug-likeness (QED) is 0.799. The Morgan fingerprint density at radius 2 is 1.95 bits per heavy atom. The fourth-order valence-electron chi connectivity index (χ4n) is 2.18. The van der Waals surface area contributed by atoms with Gasteiger partial charge in [0.25, 0.3) is 0 Å². The van der Waals surface area contributed by atoms with Gasteiger partial charge in [-0.1, -0.05) is 12.1 Å². The average molecular weight is 283 g/mol. The molecule has 0 atom stereocenters. The van der Waals surface area contributed by atoms with Crippen LogP contribution in [0.15, 0.2) is 42.5 Å². The Hall–Kier alpha value is -2.69. The summed E-state index contributed by atoms with van der Waals surface area (Å²) in [6.07, 6.45) is 0. The summed E-state index contributed by atoms with van der Waals surface area (Å²) in [5.74, 6) is 1.59. The Labute approximate surface area is 121 Å². The molecule has 0 bridgehead atoms. The van der Waals surface area contributed by atoms with Crippen molar-refractivity contribution >= 4 is 16.7 Å². The molecule has 0 saturated carbocycles. The standard InChI is InChI=1S/C16H14FN3O/c1-18-16-13-9-11(17)6-7-14(13)19-15(20-16)10-4-3-5-12(8-10)21-2/h3-9H,1-2H3,(H,18,19,20). The van der Waals surface area contributed by atoms with Crippen LogP contribution in [0, 0.1) is 5.82 Å². The van der Waals surface area contributed by atoms with E-state index < -0.39 is 0 Å². The highest BCUT2D eigenvalue weighted by atomic mass is 19.1. The highest BCUT2D eigenvalue weighted by Crippen LogP contribution is 2.27. The Morgan fingerprint density at radius 3 is 2.71 bits per heavy atom. The molecular formula is C16H14FN3O. The number of fused-ring (bicyclic) bond motifs is 1. The monoisotopic (exact) mass is 283 g/mol. The van der Waals surface area contributed by atoms with E-state index in [9.17, 15) is 4.39 Å². The van der Waals surface area contributed by atoms with E-state index in [4.69, 9.17) is 4.74 Å². The van der Waals surface area contributed by atoms with Gasteiger partial charge in [0.05, 0.1) is 12.6 Å². The van der Waals surface area contributed by atoms with Crippen molar-refractivity contribution in [1.82, 2.24) is 9.97 Å². The van der Waals surface area contributed by atoms with Crippen molar-refractivity contribution in [3.05, 3.63) is 48.3 Å². The minimum Gasteiger partial charge on any atom is -0.497 e. The Kier molecular flexibility index (Phi) is 3.39. The number of anilines is 1. The van der Waals surface area contributed by atoms with Gasteiger partial charge < -0.3 is 10.1 Å². The second-order valence-electron chi connectivity index (χ2n) is 4.54. The van der Waals surface area contributed by atoms with Crippen LogP contribution in [0.2, 0.25) is 0 Å². The van der Waals surface area contributed by atoms with Gasteiger partial charge >= 0.3 is 0 Å². The zero-order valence-electron chi connectivity index (χ0n) is 11.7. The van der Waals surface area contributed by atoms with Crippen LogP contribution in [0.5, 0.6) is 5.75 Å². The number of methoxy groups -OCH3 is 1. The second kappa shape index (κ2) is 5.36. The predicted octanol–water partition coefficient (Wildman–Crippen LogP) is 3.49. The number of nitrogens with zero attached hydrogens (tertiary/aromatic N) is 2. The number of nitrogens with one attached hydrogen (secondary N) is 1. The molecule has 0 aliphatic heterocycles. The number of rotatable bonds is 3. The van der Waals surface area contributed by atoms with Gasteiger partial charge in [-0.2, -0.15) is 0 Å². The van der Waals surface area contributed by atoms with Gasteiger partial charge in [0, 0.05) is 18.0 Å². The van der Waals surface area contributed by atoms with E-state index >= 15 is 0 Å². The van der Waals surface area contributed by atoms with Crippen LogP contribution in [-0.4, -0.2) is 24.1 Å². The third-order valence-corrected chi connectivity index (χ3v) is 3.22. The lowest BCUT2D eigenvalue weighted by Gasteiger charge is -2.09. The molecule has 0 fully saturated rings. The van der Waals surface area contributed by atoms with Crippen LogP contribution in [0.1, 0.15) is 0 Å². The van der Waals surface area contributed by atoms with Crippen LogP contribution in [0.25, 0.3) is 22.3 Å². The van der Waals surface area contributed by atoms with Crippen molar-refractivity contribution in [1.29, 1.82) is 0 Å². The molecule has 2 aromatic carbocycles. The summed E-state index contributed by atoms with van der Waals surface area (Å²) in [7, 11) is 3.37. The molecule has 106 valence electrons. The van der Waals surface area contributed by atoms with E-state index in [1.807, 2.05) is 24.3 Å². The number of hydrogen-bond acceptors (Lipinski definition) is 4. The smallest absolute Gasteiger partial charge is 0.162 e. The predicted molar refractivity (Wildman–Crippen MR) is 81.0 cm³/mol. The molecule has 21 heavy (non-hydrogen) atoms. The van der Waals surface area contributed by atoms with Gasteiger partial charge in [-0.15, -0.1) is 0 Å². The molecule has 5 heteroatoms. The number of halogens is 1. The molecule has 0 unspecified atom stereocenters. The number of hydrogen-bond donors (Lipinski definition) is 1. The molecule has 0 aliphatic rings. The van der Waals surface area contributed by atoms with Gasteiger partial charge in [-0.25, -0.2) is 14.4 Å². The molecule has 4 nitrogen and oxygen atoms in total. The fourth-order valence-corrected chi connectivity index (χ4v) is 2.18. The fraction of sp³-hybridized carbons (Fsp3) is 0.125. The highest BCUT2D eigenvalue weighted by Gasteiger charge is 2.10. The van der Waals surface area contributed by atoms with Crippen LogP contribution < -0.4 is 10.1 Å². The Balaban J connectivity index is 2.21. The first-order chi connectivity index (χ1) is 10.2. The first kappa shape index (κ1) is 13.3. The molecular weight excluding hydrogens is 269 g/mol. The maximum absolute atomic E-state index is 13.4. The number of benzene rings is 2.